The van der Waals surface area contributed by atoms with E-state index in [9.17, 15) is 37.5 Å². The molecule has 52 heavy (non-hydrogen) atoms. The number of nitrogens with two attached hydrogens (primary N) is 2. The summed E-state index contributed by atoms with van der Waals surface area (Å²) in [6.07, 6.45) is -1.65. The third kappa shape index (κ3) is 11.6. The van der Waals surface area contributed by atoms with Crippen molar-refractivity contribution in [2.24, 2.45) is 17.4 Å². The molecule has 280 valence electrons. The molecule has 0 fully saturated rings. The highest BCUT2D eigenvalue weighted by Crippen LogP contribution is 2.27. The average molecular weight is 732 g/mol. The molecule has 0 aliphatic rings. The van der Waals surface area contributed by atoms with Crippen LogP contribution in [0.4, 0.5) is 13.2 Å². The normalized spacial score (nSPS) is 13.6. The Hall–Kier alpha value is -5.85. The van der Waals surface area contributed by atoms with Crippen molar-refractivity contribution in [3.63, 3.8) is 0 Å². The molecule has 0 radical (unpaired) electrons. The minimum absolute atomic E-state index is 0.141. The number of aliphatic carboxylic acids is 2. The van der Waals surface area contributed by atoms with Gasteiger partial charge in [0.05, 0.1) is 31.0 Å². The Bertz CT molecular complexity index is 1810. The van der Waals surface area contributed by atoms with Crippen molar-refractivity contribution in [2.45, 2.75) is 69.8 Å². The molecule has 2 heterocycles. The predicted octanol–water partition coefficient (Wildman–Crippen LogP) is 2.18. The first kappa shape index (κ1) is 40.6. The fourth-order valence-electron chi connectivity index (χ4n) is 5.46. The average Bonchev–Trinajstić information content (AvgIpc) is 3.74. The highest BCUT2D eigenvalue weighted by atomic mass is 19.4. The number of primary amides is 1. The summed E-state index contributed by atoms with van der Waals surface area (Å²) in [6, 6.07) is 13.9. The number of H-pyrrole nitrogens is 1. The lowest BCUT2D eigenvalue weighted by Gasteiger charge is -2.28. The second kappa shape index (κ2) is 18.9. The van der Waals surface area contributed by atoms with Crippen LogP contribution in [-0.4, -0.2) is 83.8 Å². The van der Waals surface area contributed by atoms with Gasteiger partial charge in [-0.05, 0) is 40.5 Å². The molecule has 0 aliphatic heterocycles. The number of fused-ring (bicyclic) bond motifs is 1. The van der Waals surface area contributed by atoms with Gasteiger partial charge < -0.3 is 37.3 Å². The minimum Gasteiger partial charge on any atom is -0.481 e. The van der Waals surface area contributed by atoms with Crippen LogP contribution in [0.15, 0.2) is 60.8 Å². The highest BCUT2D eigenvalue weighted by molar-refractivity contribution is 5.85. The van der Waals surface area contributed by atoms with Gasteiger partial charge in [0.25, 0.3) is 0 Å². The van der Waals surface area contributed by atoms with Gasteiger partial charge in [0, 0.05) is 23.5 Å². The molecule has 9 N–H and O–H groups in total. The Morgan fingerprint density at radius 1 is 0.981 bits per heavy atom. The van der Waals surface area contributed by atoms with Crippen LogP contribution in [-0.2, 0) is 36.8 Å². The van der Waals surface area contributed by atoms with Crippen LogP contribution in [0.1, 0.15) is 61.6 Å². The summed E-state index contributed by atoms with van der Waals surface area (Å²) in [7, 11) is 0. The summed E-state index contributed by atoms with van der Waals surface area (Å²) < 4.78 is 33.1. The van der Waals surface area contributed by atoms with Crippen LogP contribution in [0.25, 0.3) is 10.9 Å². The predicted molar refractivity (Wildman–Crippen MR) is 179 cm³/mol. The van der Waals surface area contributed by atoms with E-state index in [-0.39, 0.29) is 18.8 Å². The molecule has 4 atom stereocenters. The maximum absolute atomic E-state index is 14.0. The maximum Gasteiger partial charge on any atom is 0.490 e. The van der Waals surface area contributed by atoms with Gasteiger partial charge >= 0.3 is 18.1 Å². The number of hydrogen-bond acceptors (Lipinski definition) is 9. The number of carbonyl (C=O) groups excluding carboxylic acids is 3. The molecule has 0 saturated heterocycles. The van der Waals surface area contributed by atoms with Crippen molar-refractivity contribution in [3.05, 3.63) is 77.7 Å². The van der Waals surface area contributed by atoms with Gasteiger partial charge in [-0.1, -0.05) is 68.3 Å². The number of hydrogen-bond donors (Lipinski definition) is 7. The summed E-state index contributed by atoms with van der Waals surface area (Å²) in [5, 5.41) is 35.6. The van der Waals surface area contributed by atoms with Crippen LogP contribution >= 0.6 is 0 Å². The Labute approximate surface area is 295 Å². The van der Waals surface area contributed by atoms with Crippen molar-refractivity contribution in [1.29, 1.82) is 0 Å². The van der Waals surface area contributed by atoms with Gasteiger partial charge in [-0.25, -0.2) is 9.48 Å². The number of nitrogens with zero attached hydrogens (tertiary/aromatic N) is 4. The van der Waals surface area contributed by atoms with E-state index in [4.69, 9.17) is 21.4 Å². The molecule has 19 heteroatoms. The quantitative estimate of drug-likeness (QED) is 0.0828. The van der Waals surface area contributed by atoms with Gasteiger partial charge in [0.2, 0.25) is 17.7 Å². The molecule has 0 bridgehead atoms. The Balaban J connectivity index is 0.000000944. The Kier molecular flexibility index (Phi) is 14.8. The number of rotatable bonds is 17. The topological polar surface area (TPSA) is 261 Å². The second-order valence-electron chi connectivity index (χ2n) is 11.7. The number of alkyl halides is 3. The molecule has 4 aromatic rings. The van der Waals surface area contributed by atoms with E-state index < -0.39 is 66.3 Å². The summed E-state index contributed by atoms with van der Waals surface area (Å²) >= 11 is 0. The summed E-state index contributed by atoms with van der Waals surface area (Å²) in [5.41, 5.74) is 13.9. The standard InChI is InChI=1S/C31H39N9O5.C2HF3O2/c1-2-3-13-26(31(45)36-24(16-28(42)43)22(29(33)44)14-19-9-5-4-6-10-19)40-30(37-38-39-40)25(35-27(41)17-32)15-20-18-34-23-12-8-7-11-21(20)23;3-2(4,5)1(6)7/h4-12,18,22,24-26,34H,2-3,13-17,32H2,1H3,(H2,33,44)(H,35,41)(H,36,45)(H,42,43);(H,6,7)/t22-,24+,25+,26+;/m1./s1. The van der Waals surface area contributed by atoms with Crippen LogP contribution in [0, 0.1) is 5.92 Å². The number of carboxylic acids is 2. The fourth-order valence-corrected chi connectivity index (χ4v) is 5.46. The molecule has 0 aliphatic carbocycles. The van der Waals surface area contributed by atoms with Gasteiger partial charge in [0.15, 0.2) is 5.82 Å². The number of benzene rings is 2. The lowest BCUT2D eigenvalue weighted by molar-refractivity contribution is -0.192. The van der Waals surface area contributed by atoms with Gasteiger partial charge in [-0.2, -0.15) is 13.2 Å². The van der Waals surface area contributed by atoms with E-state index in [1.54, 1.807) is 24.3 Å². The smallest absolute Gasteiger partial charge is 0.481 e. The number of nitrogens with one attached hydrogen (secondary N) is 3. The van der Waals surface area contributed by atoms with Gasteiger partial charge in [0.1, 0.15) is 6.04 Å². The number of aromatic nitrogens is 5. The first-order valence-electron chi connectivity index (χ1n) is 16.1. The minimum atomic E-state index is -5.08. The Morgan fingerprint density at radius 3 is 2.23 bits per heavy atom. The maximum atomic E-state index is 14.0. The largest absolute Gasteiger partial charge is 0.490 e. The van der Waals surface area contributed by atoms with Crippen molar-refractivity contribution in [1.82, 2.24) is 35.8 Å². The molecule has 2 aromatic heterocycles. The van der Waals surface area contributed by atoms with Crippen LogP contribution in [0.3, 0.4) is 0 Å². The zero-order valence-corrected chi connectivity index (χ0v) is 28.0. The molecule has 4 rings (SSSR count). The molecule has 16 nitrogen and oxygen atoms in total. The number of amides is 3. The number of unbranched alkanes of at least 4 members (excludes halogenated alkanes) is 1. The van der Waals surface area contributed by atoms with E-state index in [0.29, 0.717) is 19.3 Å². The highest BCUT2D eigenvalue weighted by Gasteiger charge is 2.38. The third-order valence-corrected chi connectivity index (χ3v) is 7.99. The van der Waals surface area contributed by atoms with Crippen molar-refractivity contribution in [3.8, 4) is 0 Å². The third-order valence-electron chi connectivity index (χ3n) is 7.99. The number of halogens is 3. The lowest BCUT2D eigenvalue weighted by Crippen LogP contribution is -2.49. The molecule has 0 saturated carbocycles. The van der Waals surface area contributed by atoms with Gasteiger partial charge in [-0.15, -0.1) is 5.10 Å². The zero-order chi connectivity index (χ0) is 38.4. The molecule has 2 aromatic carbocycles. The molecule has 3 amide bonds. The number of aromatic amines is 1. The summed E-state index contributed by atoms with van der Waals surface area (Å²) in [6.45, 7) is 1.70. The SMILES string of the molecule is CCCC[C@@H](C(=O)N[C@@H](CC(=O)O)[C@@H](Cc1ccccc1)C(N)=O)n1nnnc1[C@H](Cc1c[nH]c2ccccc12)NC(=O)CN.O=C(O)C(F)(F)F. The fraction of sp³-hybridized carbons (Fsp3) is 0.394. The zero-order valence-electron chi connectivity index (χ0n) is 28.0. The van der Waals surface area contributed by atoms with E-state index in [1.807, 2.05) is 43.5 Å². The molecular formula is C33H40F3N9O7. The van der Waals surface area contributed by atoms with Crippen LogP contribution in [0.5, 0.6) is 0 Å². The van der Waals surface area contributed by atoms with E-state index in [0.717, 1.165) is 28.5 Å². The van der Waals surface area contributed by atoms with Gasteiger partial charge in [-0.3, -0.25) is 19.2 Å². The second-order valence-corrected chi connectivity index (χ2v) is 11.7. The van der Waals surface area contributed by atoms with Crippen LogP contribution in [0.2, 0.25) is 0 Å². The summed E-state index contributed by atoms with van der Waals surface area (Å²) in [4.78, 5) is 63.1. The van der Waals surface area contributed by atoms with Crippen LogP contribution < -0.4 is 22.1 Å². The van der Waals surface area contributed by atoms with Crippen molar-refractivity contribution in [2.75, 3.05) is 6.54 Å². The van der Waals surface area contributed by atoms with E-state index >= 15 is 0 Å². The Morgan fingerprint density at radius 2 is 1.63 bits per heavy atom. The monoisotopic (exact) mass is 731 g/mol. The summed E-state index contributed by atoms with van der Waals surface area (Å²) in [5.74, 6) is -6.46. The molecule has 0 spiro atoms. The first-order chi connectivity index (χ1) is 24.7. The van der Waals surface area contributed by atoms with E-state index in [2.05, 4.69) is 31.1 Å². The number of para-hydroxylation sites is 1. The van der Waals surface area contributed by atoms with E-state index in [1.165, 1.54) is 4.68 Å². The molecular weight excluding hydrogens is 691 g/mol. The van der Waals surface area contributed by atoms with Crippen molar-refractivity contribution < 1.29 is 47.4 Å². The first-order valence-corrected chi connectivity index (χ1v) is 16.1. The van der Waals surface area contributed by atoms with Crippen molar-refractivity contribution >= 4 is 40.6 Å². The lowest BCUT2D eigenvalue weighted by atomic mass is 9.89. The number of tetrazole rings is 1. The number of carboxylic acid groups (broad SMARTS) is 2. The molecule has 0 unspecified atom stereocenters. The number of carbonyl (C=O) groups is 5.